The van der Waals surface area contributed by atoms with Gasteiger partial charge in [-0.3, -0.25) is 9.59 Å². The zero-order valence-corrected chi connectivity index (χ0v) is 14.7. The highest BCUT2D eigenvalue weighted by Crippen LogP contribution is 1.96. The lowest BCUT2D eigenvalue weighted by Crippen LogP contribution is -2.31. The fourth-order valence-corrected chi connectivity index (χ4v) is 1.64. The van der Waals surface area contributed by atoms with Crippen molar-refractivity contribution in [1.29, 1.82) is 0 Å². The summed E-state index contributed by atoms with van der Waals surface area (Å²) in [5, 5.41) is 5.41. The first-order valence-corrected chi connectivity index (χ1v) is 8.30. The van der Waals surface area contributed by atoms with E-state index in [1.807, 2.05) is 13.8 Å². The molecule has 0 heterocycles. The van der Waals surface area contributed by atoms with Crippen molar-refractivity contribution in [2.24, 2.45) is 0 Å². The predicted molar refractivity (Wildman–Crippen MR) is 88.3 cm³/mol. The molecule has 7 nitrogen and oxygen atoms in total. The Morgan fingerprint density at radius 3 is 1.96 bits per heavy atom. The molecular weight excluding hydrogens is 300 g/mol. The Labute approximate surface area is 139 Å². The first-order valence-electron chi connectivity index (χ1n) is 8.30. The molecule has 0 aliphatic heterocycles. The molecule has 0 fully saturated rings. The number of rotatable bonds is 15. The molecule has 0 unspecified atom stereocenters. The van der Waals surface area contributed by atoms with Crippen LogP contribution in [0.1, 0.15) is 40.0 Å². The molecule has 0 aliphatic rings. The number of ether oxygens (including phenoxy) is 3. The maximum Gasteiger partial charge on any atom is 0.246 e. The zero-order valence-electron chi connectivity index (χ0n) is 14.7. The smallest absolute Gasteiger partial charge is 0.246 e. The first kappa shape index (κ1) is 21.8. The highest BCUT2D eigenvalue weighted by Gasteiger charge is 2.02. The maximum absolute atomic E-state index is 11.3. The Kier molecular flexibility index (Phi) is 14.9. The Bertz CT molecular complexity index is 311. The van der Waals surface area contributed by atoms with Gasteiger partial charge in [-0.1, -0.05) is 0 Å². The summed E-state index contributed by atoms with van der Waals surface area (Å²) < 4.78 is 16.0. The topological polar surface area (TPSA) is 85.9 Å². The third kappa shape index (κ3) is 18.8. The minimum Gasteiger partial charge on any atom is -0.380 e. The molecule has 0 saturated carbocycles. The largest absolute Gasteiger partial charge is 0.380 e. The Hall–Kier alpha value is -1.18. The van der Waals surface area contributed by atoms with Crippen LogP contribution >= 0.6 is 0 Å². The van der Waals surface area contributed by atoms with Crippen molar-refractivity contribution in [1.82, 2.24) is 10.6 Å². The summed E-state index contributed by atoms with van der Waals surface area (Å²) in [6, 6.07) is 0. The lowest BCUT2D eigenvalue weighted by atomic mass is 10.2. The van der Waals surface area contributed by atoms with E-state index < -0.39 is 0 Å². The summed E-state index contributed by atoms with van der Waals surface area (Å²) in [6.45, 7) is 8.89. The van der Waals surface area contributed by atoms with Gasteiger partial charge in [0.15, 0.2) is 0 Å². The van der Waals surface area contributed by atoms with Crippen molar-refractivity contribution in [2.45, 2.75) is 46.1 Å². The van der Waals surface area contributed by atoms with E-state index in [2.05, 4.69) is 10.6 Å². The van der Waals surface area contributed by atoms with E-state index in [4.69, 9.17) is 14.2 Å². The van der Waals surface area contributed by atoms with Gasteiger partial charge in [0.05, 0.1) is 19.3 Å². The van der Waals surface area contributed by atoms with Gasteiger partial charge in [0.1, 0.15) is 6.61 Å². The van der Waals surface area contributed by atoms with E-state index in [0.717, 1.165) is 19.3 Å². The first-order chi connectivity index (χ1) is 11.0. The molecule has 0 bridgehead atoms. The molecule has 23 heavy (non-hydrogen) atoms. The van der Waals surface area contributed by atoms with Crippen molar-refractivity contribution in [3.05, 3.63) is 0 Å². The summed E-state index contributed by atoms with van der Waals surface area (Å²) in [7, 11) is 0. The fourth-order valence-electron chi connectivity index (χ4n) is 1.64. The van der Waals surface area contributed by atoms with E-state index >= 15 is 0 Å². The Balaban J connectivity index is 3.13. The van der Waals surface area contributed by atoms with E-state index in [-0.39, 0.29) is 24.5 Å². The lowest BCUT2D eigenvalue weighted by Gasteiger charge is -2.09. The van der Waals surface area contributed by atoms with Gasteiger partial charge in [-0.25, -0.2) is 0 Å². The molecule has 0 spiro atoms. The number of nitrogens with one attached hydrogen (secondary N) is 2. The second-order valence-corrected chi connectivity index (χ2v) is 5.48. The maximum atomic E-state index is 11.3. The van der Waals surface area contributed by atoms with Crippen molar-refractivity contribution >= 4 is 11.8 Å². The molecule has 0 aliphatic carbocycles. The second-order valence-electron chi connectivity index (χ2n) is 5.48. The lowest BCUT2D eigenvalue weighted by molar-refractivity contribution is -0.127. The minimum absolute atomic E-state index is 0.0330. The van der Waals surface area contributed by atoms with Gasteiger partial charge >= 0.3 is 0 Å². The standard InChI is InChI=1S/C16H32N2O5/c1-14(2)23-13-16(20)18-8-12-22-10-6-4-5-9-21-11-7-17-15(3)19/h14H,4-13H2,1-3H3,(H,17,19)(H,18,20). The van der Waals surface area contributed by atoms with Gasteiger partial charge in [-0.2, -0.15) is 0 Å². The van der Waals surface area contributed by atoms with Crippen LogP contribution in [-0.2, 0) is 23.8 Å². The number of unbranched alkanes of at least 4 members (excludes halogenated alkanes) is 2. The van der Waals surface area contributed by atoms with Gasteiger partial charge in [-0.05, 0) is 33.1 Å². The van der Waals surface area contributed by atoms with Gasteiger partial charge in [0, 0.05) is 33.2 Å². The molecular formula is C16H32N2O5. The third-order valence-electron chi connectivity index (χ3n) is 2.81. The fraction of sp³-hybridized carbons (Fsp3) is 0.875. The van der Waals surface area contributed by atoms with Crippen LogP contribution in [0.2, 0.25) is 0 Å². The molecule has 0 atom stereocenters. The van der Waals surface area contributed by atoms with Crippen LogP contribution in [0.3, 0.4) is 0 Å². The second kappa shape index (κ2) is 15.7. The molecule has 0 saturated heterocycles. The molecule has 0 aromatic heterocycles. The van der Waals surface area contributed by atoms with Crippen molar-refractivity contribution in [2.75, 3.05) is 46.1 Å². The average molecular weight is 332 g/mol. The third-order valence-corrected chi connectivity index (χ3v) is 2.81. The summed E-state index contributed by atoms with van der Waals surface area (Å²) in [6.07, 6.45) is 3.05. The van der Waals surface area contributed by atoms with Gasteiger partial charge in [0.2, 0.25) is 11.8 Å². The number of carbonyl (C=O) groups excluding carboxylic acids is 2. The van der Waals surface area contributed by atoms with Crippen LogP contribution in [-0.4, -0.2) is 64.0 Å². The van der Waals surface area contributed by atoms with Crippen LogP contribution in [0.4, 0.5) is 0 Å². The number of amides is 2. The van der Waals surface area contributed by atoms with Gasteiger partial charge in [0.25, 0.3) is 0 Å². The molecule has 7 heteroatoms. The van der Waals surface area contributed by atoms with Crippen LogP contribution in [0.15, 0.2) is 0 Å². The van der Waals surface area contributed by atoms with E-state index in [9.17, 15) is 9.59 Å². The van der Waals surface area contributed by atoms with Crippen molar-refractivity contribution in [3.8, 4) is 0 Å². The molecule has 0 aromatic carbocycles. The quantitative estimate of drug-likeness (QED) is 0.435. The highest BCUT2D eigenvalue weighted by atomic mass is 16.5. The average Bonchev–Trinajstić information content (AvgIpc) is 2.49. The highest BCUT2D eigenvalue weighted by molar-refractivity contribution is 5.77. The van der Waals surface area contributed by atoms with E-state index in [1.54, 1.807) is 0 Å². The molecule has 2 N–H and O–H groups in total. The molecule has 136 valence electrons. The van der Waals surface area contributed by atoms with E-state index in [0.29, 0.717) is 39.5 Å². The SMILES string of the molecule is CC(=O)NCCOCCCCCOCCNC(=O)COC(C)C. The van der Waals surface area contributed by atoms with Crippen LogP contribution < -0.4 is 10.6 Å². The normalized spacial score (nSPS) is 10.8. The van der Waals surface area contributed by atoms with Gasteiger partial charge < -0.3 is 24.8 Å². The van der Waals surface area contributed by atoms with Crippen LogP contribution in [0.5, 0.6) is 0 Å². The molecule has 0 aromatic rings. The van der Waals surface area contributed by atoms with E-state index in [1.165, 1.54) is 6.92 Å². The minimum atomic E-state index is -0.112. The summed E-state index contributed by atoms with van der Waals surface area (Å²) in [4.78, 5) is 22.0. The number of hydrogen-bond donors (Lipinski definition) is 2. The Morgan fingerprint density at radius 1 is 0.870 bits per heavy atom. The predicted octanol–water partition coefficient (Wildman–Crippen LogP) is 0.867. The Morgan fingerprint density at radius 2 is 1.43 bits per heavy atom. The molecule has 0 radical (unpaired) electrons. The van der Waals surface area contributed by atoms with Crippen molar-refractivity contribution < 1.29 is 23.8 Å². The van der Waals surface area contributed by atoms with Crippen molar-refractivity contribution in [3.63, 3.8) is 0 Å². The van der Waals surface area contributed by atoms with Crippen LogP contribution in [0.25, 0.3) is 0 Å². The van der Waals surface area contributed by atoms with Crippen LogP contribution in [0, 0.1) is 0 Å². The number of hydrogen-bond acceptors (Lipinski definition) is 5. The summed E-state index contributed by atoms with van der Waals surface area (Å²) >= 11 is 0. The molecule has 2 amide bonds. The monoisotopic (exact) mass is 332 g/mol. The molecule has 0 rings (SSSR count). The zero-order chi connectivity index (χ0) is 17.3. The summed E-state index contributed by atoms with van der Waals surface area (Å²) in [5.41, 5.74) is 0. The summed E-state index contributed by atoms with van der Waals surface area (Å²) in [5.74, 6) is -0.145. The van der Waals surface area contributed by atoms with Gasteiger partial charge in [-0.15, -0.1) is 0 Å². The number of carbonyl (C=O) groups is 2.